The lowest BCUT2D eigenvalue weighted by Crippen LogP contribution is -2.35. The highest BCUT2D eigenvalue weighted by Crippen LogP contribution is 2.28. The summed E-state index contributed by atoms with van der Waals surface area (Å²) in [6, 6.07) is 20.1. The molecule has 3 aromatic carbocycles. The number of piperidine rings is 1. The minimum absolute atomic E-state index is 0.0111. The second kappa shape index (κ2) is 10.8. The van der Waals surface area contributed by atoms with Gasteiger partial charge in [-0.05, 0) is 73.4 Å². The first-order valence-corrected chi connectivity index (χ1v) is 13.3. The molecular formula is C28H26ClN3O3S. The third-order valence-electron chi connectivity index (χ3n) is 6.37. The number of hydrogen-bond donors (Lipinski definition) is 0. The largest absolute Gasteiger partial charge is 0.497 e. The number of carbonyl (C=O) groups excluding carboxylic acids is 1. The highest BCUT2D eigenvalue weighted by molar-refractivity contribution is 7.98. The van der Waals surface area contributed by atoms with Crippen LogP contribution in [0.1, 0.15) is 35.2 Å². The Morgan fingerprint density at radius 2 is 1.78 bits per heavy atom. The number of halogens is 1. The summed E-state index contributed by atoms with van der Waals surface area (Å²) in [6.45, 7) is 1.53. The lowest BCUT2D eigenvalue weighted by atomic mass is 10.1. The van der Waals surface area contributed by atoms with Crippen LogP contribution in [0.25, 0.3) is 16.6 Å². The van der Waals surface area contributed by atoms with Gasteiger partial charge in [0.25, 0.3) is 11.5 Å². The standard InChI is InChI=1S/C28H26ClN3O3S/c1-35-22-12-10-21(11-13-22)32-27(34)23-14-9-19(26(33)31-15-5-2-6-16-31)17-25(23)30-28(32)36-18-20-7-3-4-8-24(20)29/h3-4,7-14,17H,2,5-6,15-16,18H2,1H3. The molecule has 8 heteroatoms. The van der Waals surface area contributed by atoms with E-state index in [4.69, 9.17) is 21.3 Å². The Hall–Kier alpha value is -3.29. The molecular weight excluding hydrogens is 494 g/mol. The van der Waals surface area contributed by atoms with E-state index in [0.717, 1.165) is 37.9 Å². The van der Waals surface area contributed by atoms with Crippen LogP contribution in [0, 0.1) is 0 Å². The number of amides is 1. The van der Waals surface area contributed by atoms with Gasteiger partial charge in [0.1, 0.15) is 5.75 Å². The lowest BCUT2D eigenvalue weighted by molar-refractivity contribution is 0.0724. The molecule has 4 aromatic rings. The number of fused-ring (bicyclic) bond motifs is 1. The molecule has 0 atom stereocenters. The Bertz CT molecular complexity index is 1460. The van der Waals surface area contributed by atoms with Gasteiger partial charge in [-0.2, -0.15) is 0 Å². The normalized spacial score (nSPS) is 13.7. The Morgan fingerprint density at radius 1 is 1.03 bits per heavy atom. The number of aromatic nitrogens is 2. The molecule has 0 N–H and O–H groups in total. The molecule has 0 saturated carbocycles. The van der Waals surface area contributed by atoms with Gasteiger partial charge in [-0.1, -0.05) is 41.6 Å². The number of carbonyl (C=O) groups is 1. The van der Waals surface area contributed by atoms with Crippen molar-refractivity contribution >= 4 is 40.2 Å². The van der Waals surface area contributed by atoms with Crippen LogP contribution in [0.15, 0.2) is 76.7 Å². The highest BCUT2D eigenvalue weighted by atomic mass is 35.5. The Morgan fingerprint density at radius 3 is 2.50 bits per heavy atom. The third kappa shape index (κ3) is 4.99. The average Bonchev–Trinajstić information content (AvgIpc) is 2.92. The molecule has 1 aliphatic heterocycles. The van der Waals surface area contributed by atoms with Gasteiger partial charge in [-0.3, -0.25) is 14.2 Å². The minimum Gasteiger partial charge on any atom is -0.497 e. The number of methoxy groups -OCH3 is 1. The number of rotatable bonds is 6. The molecule has 0 spiro atoms. The van der Waals surface area contributed by atoms with E-state index in [9.17, 15) is 9.59 Å². The van der Waals surface area contributed by atoms with Crippen LogP contribution in [0.4, 0.5) is 0 Å². The van der Waals surface area contributed by atoms with Crippen LogP contribution in [-0.4, -0.2) is 40.6 Å². The van der Waals surface area contributed by atoms with Crippen molar-refractivity contribution in [1.82, 2.24) is 14.5 Å². The van der Waals surface area contributed by atoms with Crippen LogP contribution in [0.2, 0.25) is 5.02 Å². The number of ether oxygens (including phenoxy) is 1. The van der Waals surface area contributed by atoms with Gasteiger partial charge in [0, 0.05) is 29.4 Å². The molecule has 184 valence electrons. The molecule has 0 bridgehead atoms. The fourth-order valence-electron chi connectivity index (χ4n) is 4.39. The van der Waals surface area contributed by atoms with Crippen molar-refractivity contribution in [3.8, 4) is 11.4 Å². The SMILES string of the molecule is COc1ccc(-n2c(SCc3ccccc3Cl)nc3cc(C(=O)N4CCCCC4)ccc3c2=O)cc1. The Labute approximate surface area is 218 Å². The zero-order valence-corrected chi connectivity index (χ0v) is 21.5. The first-order valence-electron chi connectivity index (χ1n) is 11.9. The van der Waals surface area contributed by atoms with Gasteiger partial charge in [0.15, 0.2) is 5.16 Å². The van der Waals surface area contributed by atoms with Gasteiger partial charge in [-0.15, -0.1) is 0 Å². The number of nitrogens with zero attached hydrogens (tertiary/aromatic N) is 3. The summed E-state index contributed by atoms with van der Waals surface area (Å²) >= 11 is 7.81. The first-order chi connectivity index (χ1) is 17.5. The molecule has 0 aliphatic carbocycles. The molecule has 2 heterocycles. The van der Waals surface area contributed by atoms with E-state index in [1.54, 1.807) is 29.9 Å². The summed E-state index contributed by atoms with van der Waals surface area (Å²) in [5.74, 6) is 1.23. The summed E-state index contributed by atoms with van der Waals surface area (Å²) in [5, 5.41) is 1.65. The number of hydrogen-bond acceptors (Lipinski definition) is 5. The lowest BCUT2D eigenvalue weighted by Gasteiger charge is -2.26. The minimum atomic E-state index is -0.191. The van der Waals surface area contributed by atoms with Crippen LogP contribution < -0.4 is 10.3 Å². The zero-order chi connectivity index (χ0) is 25.1. The van der Waals surface area contributed by atoms with Crippen molar-refractivity contribution in [2.24, 2.45) is 0 Å². The molecule has 6 nitrogen and oxygen atoms in total. The van der Waals surface area contributed by atoms with E-state index >= 15 is 0 Å². The van der Waals surface area contributed by atoms with E-state index in [-0.39, 0.29) is 11.5 Å². The molecule has 0 radical (unpaired) electrons. The summed E-state index contributed by atoms with van der Waals surface area (Å²) in [7, 11) is 1.60. The highest BCUT2D eigenvalue weighted by Gasteiger charge is 2.20. The maximum Gasteiger partial charge on any atom is 0.266 e. The average molecular weight is 520 g/mol. The maximum atomic E-state index is 13.7. The van der Waals surface area contributed by atoms with Gasteiger partial charge < -0.3 is 9.64 Å². The van der Waals surface area contributed by atoms with Gasteiger partial charge >= 0.3 is 0 Å². The first kappa shape index (κ1) is 24.4. The van der Waals surface area contributed by atoms with Crippen molar-refractivity contribution in [2.45, 2.75) is 30.2 Å². The van der Waals surface area contributed by atoms with Crippen LogP contribution in [0.5, 0.6) is 5.75 Å². The van der Waals surface area contributed by atoms with Crippen molar-refractivity contribution in [3.63, 3.8) is 0 Å². The fourth-order valence-corrected chi connectivity index (χ4v) is 5.69. The topological polar surface area (TPSA) is 64.4 Å². The molecule has 1 saturated heterocycles. The molecule has 5 rings (SSSR count). The zero-order valence-electron chi connectivity index (χ0n) is 19.9. The summed E-state index contributed by atoms with van der Waals surface area (Å²) < 4.78 is 6.89. The van der Waals surface area contributed by atoms with Crippen LogP contribution >= 0.6 is 23.4 Å². The van der Waals surface area contributed by atoms with Crippen molar-refractivity contribution in [1.29, 1.82) is 0 Å². The van der Waals surface area contributed by atoms with Gasteiger partial charge in [0.2, 0.25) is 0 Å². The van der Waals surface area contributed by atoms with Crippen LogP contribution in [-0.2, 0) is 5.75 Å². The Balaban J connectivity index is 1.59. The van der Waals surface area contributed by atoms with E-state index in [1.165, 1.54) is 11.8 Å². The third-order valence-corrected chi connectivity index (χ3v) is 7.73. The molecule has 36 heavy (non-hydrogen) atoms. The van der Waals surface area contributed by atoms with Crippen LogP contribution in [0.3, 0.4) is 0 Å². The van der Waals surface area contributed by atoms with Crippen molar-refractivity contribution < 1.29 is 9.53 Å². The molecule has 1 fully saturated rings. The molecule has 1 aliphatic rings. The van der Waals surface area contributed by atoms with Gasteiger partial charge in [-0.25, -0.2) is 4.98 Å². The van der Waals surface area contributed by atoms with Crippen molar-refractivity contribution in [2.75, 3.05) is 20.2 Å². The van der Waals surface area contributed by atoms with E-state index in [2.05, 4.69) is 0 Å². The summed E-state index contributed by atoms with van der Waals surface area (Å²) in [4.78, 5) is 33.6. The second-order valence-electron chi connectivity index (χ2n) is 8.70. The number of thioether (sulfide) groups is 1. The fraction of sp³-hybridized carbons (Fsp3) is 0.250. The van der Waals surface area contributed by atoms with E-state index in [0.29, 0.717) is 43.8 Å². The maximum absolute atomic E-state index is 13.7. The monoisotopic (exact) mass is 519 g/mol. The second-order valence-corrected chi connectivity index (χ2v) is 10.0. The molecule has 0 unspecified atom stereocenters. The Kier molecular flexibility index (Phi) is 7.30. The predicted octanol–water partition coefficient (Wildman–Crippen LogP) is 5.97. The summed E-state index contributed by atoms with van der Waals surface area (Å²) in [5.41, 5.74) is 2.51. The van der Waals surface area contributed by atoms with E-state index < -0.39 is 0 Å². The van der Waals surface area contributed by atoms with Gasteiger partial charge in [0.05, 0.1) is 23.7 Å². The summed E-state index contributed by atoms with van der Waals surface area (Å²) in [6.07, 6.45) is 3.19. The molecule has 1 amide bonds. The molecule has 1 aromatic heterocycles. The quantitative estimate of drug-likeness (QED) is 0.232. The number of benzene rings is 3. The smallest absolute Gasteiger partial charge is 0.266 e. The van der Waals surface area contributed by atoms with Crippen molar-refractivity contribution in [3.05, 3.63) is 93.2 Å². The predicted molar refractivity (Wildman–Crippen MR) is 145 cm³/mol. The van der Waals surface area contributed by atoms with E-state index in [1.807, 2.05) is 53.4 Å². The number of likely N-dealkylation sites (tertiary alicyclic amines) is 1.